The molecule has 0 spiro atoms. The maximum absolute atomic E-state index is 13.5. The van der Waals surface area contributed by atoms with E-state index in [-0.39, 0.29) is 43.6 Å². The summed E-state index contributed by atoms with van der Waals surface area (Å²) in [5.74, 6) is -0.293. The lowest BCUT2D eigenvalue weighted by Gasteiger charge is -2.14. The number of benzene rings is 2. The van der Waals surface area contributed by atoms with Gasteiger partial charge in [-0.05, 0) is 31.2 Å². The summed E-state index contributed by atoms with van der Waals surface area (Å²) in [7, 11) is 0. The van der Waals surface area contributed by atoms with Crippen LogP contribution >= 0.6 is 11.6 Å². The van der Waals surface area contributed by atoms with Gasteiger partial charge in [0.2, 0.25) is 5.91 Å². The fourth-order valence-electron chi connectivity index (χ4n) is 3.12. The Morgan fingerprint density at radius 1 is 1.21 bits per heavy atom. The summed E-state index contributed by atoms with van der Waals surface area (Å²) < 4.78 is 24.1. The Kier molecular flexibility index (Phi) is 9.08. The van der Waals surface area contributed by atoms with E-state index in [0.717, 1.165) is 0 Å². The van der Waals surface area contributed by atoms with Gasteiger partial charge in [0.15, 0.2) is 5.78 Å². The van der Waals surface area contributed by atoms with Crippen molar-refractivity contribution >= 4 is 45.7 Å². The smallest absolute Gasteiger partial charge is 0.246 e. The van der Waals surface area contributed by atoms with Gasteiger partial charge in [0, 0.05) is 29.1 Å². The first-order valence-corrected chi connectivity index (χ1v) is 10.9. The second-order valence-electron chi connectivity index (χ2n) is 7.15. The maximum Gasteiger partial charge on any atom is 0.246 e. The van der Waals surface area contributed by atoms with Gasteiger partial charge in [-0.1, -0.05) is 11.6 Å². The van der Waals surface area contributed by atoms with E-state index in [0.29, 0.717) is 40.3 Å². The number of aliphatic hydroxyl groups is 1. The zero-order chi connectivity index (χ0) is 24.5. The molecule has 11 heteroatoms. The van der Waals surface area contributed by atoms with Crippen molar-refractivity contribution in [2.24, 2.45) is 0 Å². The van der Waals surface area contributed by atoms with Gasteiger partial charge < -0.3 is 25.2 Å². The minimum atomic E-state index is -0.533. The van der Waals surface area contributed by atoms with E-state index in [9.17, 15) is 14.0 Å². The summed E-state index contributed by atoms with van der Waals surface area (Å²) in [5.41, 5.74) is 1.71. The van der Waals surface area contributed by atoms with Crippen LogP contribution in [0.15, 0.2) is 36.7 Å². The van der Waals surface area contributed by atoms with E-state index in [1.165, 1.54) is 24.5 Å². The molecule has 0 aliphatic carbocycles. The molecule has 0 saturated carbocycles. The molecule has 0 radical (unpaired) electrons. The Morgan fingerprint density at radius 2 is 2.03 bits per heavy atom. The molecule has 3 rings (SSSR count). The van der Waals surface area contributed by atoms with Crippen molar-refractivity contribution in [3.8, 4) is 5.75 Å². The molecule has 0 aliphatic rings. The van der Waals surface area contributed by atoms with Crippen molar-refractivity contribution in [1.29, 1.82) is 0 Å². The summed E-state index contributed by atoms with van der Waals surface area (Å²) in [6.45, 7) is 1.63. The number of hydrogen-bond donors (Lipinski definition) is 3. The van der Waals surface area contributed by atoms with Crippen LogP contribution in [-0.4, -0.2) is 59.7 Å². The van der Waals surface area contributed by atoms with Gasteiger partial charge in [0.05, 0.1) is 36.9 Å². The lowest BCUT2D eigenvalue weighted by molar-refractivity contribution is -0.128. The van der Waals surface area contributed by atoms with Crippen molar-refractivity contribution in [2.45, 2.75) is 13.3 Å². The van der Waals surface area contributed by atoms with Crippen LogP contribution in [0.4, 0.5) is 15.9 Å². The van der Waals surface area contributed by atoms with E-state index in [1.807, 2.05) is 6.92 Å². The monoisotopic (exact) mass is 490 g/mol. The van der Waals surface area contributed by atoms with E-state index >= 15 is 0 Å². The number of anilines is 2. The number of ketones is 1. The fourth-order valence-corrected chi connectivity index (χ4v) is 3.30. The highest BCUT2D eigenvalue weighted by molar-refractivity contribution is 6.31. The molecule has 0 atom stereocenters. The molecule has 1 heterocycles. The Balaban J connectivity index is 1.81. The van der Waals surface area contributed by atoms with Crippen molar-refractivity contribution in [3.63, 3.8) is 0 Å². The van der Waals surface area contributed by atoms with Crippen molar-refractivity contribution in [3.05, 3.63) is 53.1 Å². The highest BCUT2D eigenvalue weighted by atomic mass is 35.5. The highest BCUT2D eigenvalue weighted by Crippen LogP contribution is 2.31. The molecule has 0 fully saturated rings. The van der Waals surface area contributed by atoms with Gasteiger partial charge in [-0.3, -0.25) is 9.59 Å². The van der Waals surface area contributed by atoms with Gasteiger partial charge >= 0.3 is 0 Å². The summed E-state index contributed by atoms with van der Waals surface area (Å²) in [6, 6.07) is 7.68. The number of fused-ring (bicyclic) bond motifs is 1. The molecular weight excluding hydrogens is 467 g/mol. The molecule has 9 nitrogen and oxygen atoms in total. The van der Waals surface area contributed by atoms with Crippen LogP contribution in [-0.2, 0) is 20.7 Å². The molecule has 1 aromatic heterocycles. The van der Waals surface area contributed by atoms with E-state index in [2.05, 4.69) is 20.6 Å². The van der Waals surface area contributed by atoms with Crippen LogP contribution in [0.3, 0.4) is 0 Å². The Bertz CT molecular complexity index is 1180. The highest BCUT2D eigenvalue weighted by Gasteiger charge is 2.15. The zero-order valence-corrected chi connectivity index (χ0v) is 19.2. The number of Topliss-reactive ketones (excluding diaryl/α,β-unsaturated/α-hetero) is 1. The lowest BCUT2D eigenvalue weighted by Crippen LogP contribution is -2.33. The largest absolute Gasteiger partial charge is 0.494 e. The number of nitrogens with one attached hydrogen (secondary N) is 2. The van der Waals surface area contributed by atoms with Gasteiger partial charge in [-0.2, -0.15) is 0 Å². The predicted octanol–water partition coefficient (Wildman–Crippen LogP) is 2.80. The second-order valence-corrected chi connectivity index (χ2v) is 7.56. The number of nitrogens with zero attached hydrogens (tertiary/aromatic N) is 2. The third-order valence-electron chi connectivity index (χ3n) is 4.64. The Labute approximate surface area is 200 Å². The Hall–Kier alpha value is -3.34. The second kappa shape index (κ2) is 12.2. The maximum atomic E-state index is 13.5. The number of carbonyl (C=O) groups excluding carboxylic acids is 2. The standard InChI is InChI=1S/C23H24ClFN4O5/c1-2-34-21-10-20-17(8-14(21)7-16(31)11-26-22(32)12-33-6-5-30)23(28-13-27-20)29-15-3-4-19(25)18(24)9-15/h3-4,8-10,13,30H,2,5-7,11-12H2,1H3,(H,26,32)(H,27,28,29). The number of ether oxygens (including phenoxy) is 2. The summed E-state index contributed by atoms with van der Waals surface area (Å²) in [5, 5.41) is 14.8. The number of hydrogen-bond acceptors (Lipinski definition) is 8. The predicted molar refractivity (Wildman–Crippen MR) is 125 cm³/mol. The zero-order valence-electron chi connectivity index (χ0n) is 18.4. The first-order chi connectivity index (χ1) is 16.4. The number of aromatic nitrogens is 2. The molecule has 1 amide bonds. The molecule has 0 unspecified atom stereocenters. The summed E-state index contributed by atoms with van der Waals surface area (Å²) in [4.78, 5) is 32.8. The molecular formula is C23H24ClFN4O5. The topological polar surface area (TPSA) is 123 Å². The molecule has 0 saturated heterocycles. The molecule has 0 aliphatic heterocycles. The number of aliphatic hydroxyl groups excluding tert-OH is 1. The van der Waals surface area contributed by atoms with E-state index in [4.69, 9.17) is 26.2 Å². The Morgan fingerprint density at radius 3 is 2.76 bits per heavy atom. The van der Waals surface area contributed by atoms with E-state index in [1.54, 1.807) is 12.1 Å². The van der Waals surface area contributed by atoms with Crippen LogP contribution < -0.4 is 15.4 Å². The fraction of sp³-hybridized carbons (Fsp3) is 0.304. The van der Waals surface area contributed by atoms with Crippen LogP contribution in [0.1, 0.15) is 12.5 Å². The minimum Gasteiger partial charge on any atom is -0.494 e. The van der Waals surface area contributed by atoms with Gasteiger partial charge in [0.1, 0.15) is 30.3 Å². The average molecular weight is 491 g/mol. The lowest BCUT2D eigenvalue weighted by atomic mass is 10.0. The van der Waals surface area contributed by atoms with Gasteiger partial charge in [-0.15, -0.1) is 0 Å². The van der Waals surface area contributed by atoms with Gasteiger partial charge in [0.25, 0.3) is 0 Å². The molecule has 34 heavy (non-hydrogen) atoms. The molecule has 3 aromatic rings. The normalized spacial score (nSPS) is 10.8. The molecule has 3 N–H and O–H groups in total. The van der Waals surface area contributed by atoms with Crippen molar-refractivity contribution in [1.82, 2.24) is 15.3 Å². The number of carbonyl (C=O) groups is 2. The summed E-state index contributed by atoms with van der Waals surface area (Å²) >= 11 is 5.87. The number of rotatable bonds is 12. The summed E-state index contributed by atoms with van der Waals surface area (Å²) in [6.07, 6.45) is 1.38. The van der Waals surface area contributed by atoms with Gasteiger partial charge in [-0.25, -0.2) is 14.4 Å². The first kappa shape index (κ1) is 25.3. The quantitative estimate of drug-likeness (QED) is 0.331. The molecule has 180 valence electrons. The average Bonchev–Trinajstić information content (AvgIpc) is 2.81. The van der Waals surface area contributed by atoms with Crippen molar-refractivity contribution in [2.75, 3.05) is 38.3 Å². The van der Waals surface area contributed by atoms with Crippen molar-refractivity contribution < 1.29 is 28.6 Å². The third kappa shape index (κ3) is 6.83. The van der Waals surface area contributed by atoms with E-state index < -0.39 is 11.7 Å². The van der Waals surface area contributed by atoms with Crippen LogP contribution in [0.2, 0.25) is 5.02 Å². The number of halogens is 2. The first-order valence-electron chi connectivity index (χ1n) is 10.5. The van der Waals surface area contributed by atoms with Crippen LogP contribution in [0.5, 0.6) is 5.75 Å². The SMILES string of the molecule is CCOc1cc2ncnc(Nc3ccc(F)c(Cl)c3)c2cc1CC(=O)CNC(=O)COCCO. The molecule has 0 bridgehead atoms. The van der Waals surface area contributed by atoms with Crippen LogP contribution in [0.25, 0.3) is 10.9 Å². The minimum absolute atomic E-state index is 0.000237. The third-order valence-corrected chi connectivity index (χ3v) is 4.93. The van der Waals surface area contributed by atoms with Crippen LogP contribution in [0, 0.1) is 5.82 Å². The number of amides is 1. The molecule has 2 aromatic carbocycles.